The molecule has 2 rings (SSSR count). The van der Waals surface area contributed by atoms with Crippen molar-refractivity contribution in [3.8, 4) is 0 Å². The number of aryl methyl sites for hydroxylation is 2. The number of hydrogen-bond acceptors (Lipinski definition) is 4. The summed E-state index contributed by atoms with van der Waals surface area (Å²) >= 11 is 0. The maximum atomic E-state index is 11.8. The number of aromatic nitrogens is 4. The summed E-state index contributed by atoms with van der Waals surface area (Å²) in [6, 6.07) is 0. The third-order valence-corrected chi connectivity index (χ3v) is 2.78. The first-order chi connectivity index (χ1) is 8.59. The fraction of sp³-hybridized carbons (Fsp3) is 0.364. The van der Waals surface area contributed by atoms with Crippen LogP contribution in [0.4, 0.5) is 5.82 Å². The maximum absolute atomic E-state index is 11.8. The molecule has 7 nitrogen and oxygen atoms in total. The van der Waals surface area contributed by atoms with Gasteiger partial charge >= 0.3 is 0 Å². The molecule has 3 N–H and O–H groups in total. The number of nitrogens with two attached hydrogens (primary N) is 1. The number of hydrogen-bond donors (Lipinski definition) is 2. The molecule has 0 bridgehead atoms. The molecule has 0 fully saturated rings. The molecule has 0 saturated carbocycles. The van der Waals surface area contributed by atoms with E-state index < -0.39 is 0 Å². The van der Waals surface area contributed by atoms with Crippen LogP contribution in [-0.4, -0.2) is 31.8 Å². The van der Waals surface area contributed by atoms with Crippen molar-refractivity contribution in [3.63, 3.8) is 0 Å². The van der Waals surface area contributed by atoms with Gasteiger partial charge in [-0.3, -0.25) is 9.48 Å². The highest BCUT2D eigenvalue weighted by atomic mass is 16.1. The molecular formula is C11H16N6O. The Morgan fingerprint density at radius 2 is 2.28 bits per heavy atom. The van der Waals surface area contributed by atoms with Crippen molar-refractivity contribution >= 4 is 11.7 Å². The molecule has 2 aromatic heterocycles. The monoisotopic (exact) mass is 248 g/mol. The number of nitrogens with zero attached hydrogens (tertiary/aromatic N) is 4. The molecule has 96 valence electrons. The summed E-state index contributed by atoms with van der Waals surface area (Å²) in [5.74, 6) is 1.08. The summed E-state index contributed by atoms with van der Waals surface area (Å²) in [6.07, 6.45) is 5.74. The number of carbonyl (C=O) groups is 1. The van der Waals surface area contributed by atoms with Crippen LogP contribution in [-0.2, 0) is 20.5 Å². The number of nitrogen functional groups attached to an aromatic ring is 1. The lowest BCUT2D eigenvalue weighted by Gasteiger charge is -2.05. The van der Waals surface area contributed by atoms with Gasteiger partial charge in [0.05, 0.1) is 6.20 Å². The zero-order valence-corrected chi connectivity index (χ0v) is 10.4. The molecule has 18 heavy (non-hydrogen) atoms. The molecule has 1 amide bonds. The van der Waals surface area contributed by atoms with E-state index in [0.29, 0.717) is 24.3 Å². The molecule has 0 aliphatic rings. The third-order valence-electron chi connectivity index (χ3n) is 2.78. The number of imidazole rings is 1. The smallest absolute Gasteiger partial charge is 0.256 e. The zero-order chi connectivity index (χ0) is 13.1. The van der Waals surface area contributed by atoms with Crippen molar-refractivity contribution in [1.82, 2.24) is 24.6 Å². The van der Waals surface area contributed by atoms with Gasteiger partial charge in [0, 0.05) is 39.5 Å². The molecule has 2 heterocycles. The highest BCUT2D eigenvalue weighted by molar-refractivity contribution is 5.98. The normalized spacial score (nSPS) is 10.6. The van der Waals surface area contributed by atoms with Crippen molar-refractivity contribution in [1.29, 1.82) is 0 Å². The first-order valence-electron chi connectivity index (χ1n) is 5.61. The van der Waals surface area contributed by atoms with Crippen molar-refractivity contribution in [3.05, 3.63) is 30.0 Å². The Morgan fingerprint density at radius 1 is 1.50 bits per heavy atom. The van der Waals surface area contributed by atoms with Crippen molar-refractivity contribution in [2.75, 3.05) is 12.3 Å². The van der Waals surface area contributed by atoms with Gasteiger partial charge in [0.15, 0.2) is 0 Å². The van der Waals surface area contributed by atoms with Gasteiger partial charge in [0.25, 0.3) is 5.91 Å². The van der Waals surface area contributed by atoms with Gasteiger partial charge in [0.2, 0.25) is 0 Å². The number of carbonyl (C=O) groups excluding carboxylic acids is 1. The minimum absolute atomic E-state index is 0.213. The Morgan fingerprint density at radius 3 is 2.83 bits per heavy atom. The second-order valence-corrected chi connectivity index (χ2v) is 4.03. The molecule has 0 saturated heterocycles. The topological polar surface area (TPSA) is 90.8 Å². The van der Waals surface area contributed by atoms with E-state index in [1.807, 2.05) is 17.8 Å². The molecule has 0 unspecified atom stereocenters. The Kier molecular flexibility index (Phi) is 3.31. The number of amides is 1. The fourth-order valence-electron chi connectivity index (χ4n) is 1.64. The van der Waals surface area contributed by atoms with Gasteiger partial charge in [-0.05, 0) is 0 Å². The van der Waals surface area contributed by atoms with E-state index in [1.54, 1.807) is 13.2 Å². The summed E-state index contributed by atoms with van der Waals surface area (Å²) in [6.45, 7) is 0.512. The Bertz CT molecular complexity index is 556. The Balaban J connectivity index is 1.89. The predicted octanol–water partition coefficient (Wildman–Crippen LogP) is -0.292. The zero-order valence-electron chi connectivity index (χ0n) is 10.4. The highest BCUT2D eigenvalue weighted by Gasteiger charge is 2.13. The predicted molar refractivity (Wildman–Crippen MR) is 66.9 cm³/mol. The van der Waals surface area contributed by atoms with Crippen LogP contribution in [0.1, 0.15) is 16.2 Å². The average molecular weight is 248 g/mol. The lowest BCUT2D eigenvalue weighted by atomic mass is 10.3. The first-order valence-corrected chi connectivity index (χ1v) is 5.61. The second-order valence-electron chi connectivity index (χ2n) is 4.03. The Labute approximate surface area is 105 Å². The highest BCUT2D eigenvalue weighted by Crippen LogP contribution is 2.08. The van der Waals surface area contributed by atoms with E-state index in [4.69, 9.17) is 5.73 Å². The minimum Gasteiger partial charge on any atom is -0.383 e. The van der Waals surface area contributed by atoms with Crippen LogP contribution in [0.5, 0.6) is 0 Å². The lowest BCUT2D eigenvalue weighted by molar-refractivity contribution is 0.0955. The maximum Gasteiger partial charge on any atom is 0.256 e. The number of rotatable bonds is 4. The molecule has 0 aliphatic heterocycles. The molecule has 0 radical (unpaired) electrons. The molecular weight excluding hydrogens is 232 g/mol. The van der Waals surface area contributed by atoms with Crippen LogP contribution < -0.4 is 11.1 Å². The summed E-state index contributed by atoms with van der Waals surface area (Å²) < 4.78 is 3.39. The quantitative estimate of drug-likeness (QED) is 0.777. The lowest BCUT2D eigenvalue weighted by Crippen LogP contribution is -2.26. The first kappa shape index (κ1) is 12.2. The van der Waals surface area contributed by atoms with E-state index >= 15 is 0 Å². The molecule has 7 heteroatoms. The molecule has 0 atom stereocenters. The van der Waals surface area contributed by atoms with E-state index in [2.05, 4.69) is 15.4 Å². The van der Waals surface area contributed by atoms with E-state index in [0.717, 1.165) is 5.82 Å². The van der Waals surface area contributed by atoms with Gasteiger partial charge in [-0.1, -0.05) is 0 Å². The number of anilines is 1. The van der Waals surface area contributed by atoms with Crippen molar-refractivity contribution in [2.24, 2.45) is 14.1 Å². The van der Waals surface area contributed by atoms with Crippen LogP contribution in [0.2, 0.25) is 0 Å². The van der Waals surface area contributed by atoms with Gasteiger partial charge in [0.1, 0.15) is 17.2 Å². The largest absolute Gasteiger partial charge is 0.383 e. The molecule has 0 aromatic carbocycles. The Hall–Kier alpha value is -2.31. The van der Waals surface area contributed by atoms with Crippen LogP contribution >= 0.6 is 0 Å². The van der Waals surface area contributed by atoms with Gasteiger partial charge in [-0.25, -0.2) is 4.98 Å². The summed E-state index contributed by atoms with van der Waals surface area (Å²) in [5.41, 5.74) is 6.12. The number of nitrogens with one attached hydrogen (secondary N) is 1. The second kappa shape index (κ2) is 4.91. The van der Waals surface area contributed by atoms with Gasteiger partial charge in [-0.2, -0.15) is 5.10 Å². The standard InChI is InChI=1S/C11H16N6O/c1-16-6-5-13-9(16)3-4-14-11(18)8-7-15-17(2)10(8)12/h5-7H,3-4,12H2,1-2H3,(H,14,18). The third kappa shape index (κ3) is 2.34. The van der Waals surface area contributed by atoms with Crippen molar-refractivity contribution < 1.29 is 4.79 Å². The van der Waals surface area contributed by atoms with Crippen LogP contribution in [0.25, 0.3) is 0 Å². The van der Waals surface area contributed by atoms with Crippen LogP contribution in [0.3, 0.4) is 0 Å². The SMILES string of the molecule is Cn1ccnc1CCNC(=O)c1cnn(C)c1N. The molecule has 2 aromatic rings. The van der Waals surface area contributed by atoms with Crippen LogP contribution in [0, 0.1) is 0 Å². The van der Waals surface area contributed by atoms with Crippen LogP contribution in [0.15, 0.2) is 18.6 Å². The molecule has 0 aliphatic carbocycles. The fourth-order valence-corrected chi connectivity index (χ4v) is 1.64. The summed E-state index contributed by atoms with van der Waals surface area (Å²) in [5, 5.41) is 6.72. The minimum atomic E-state index is -0.213. The van der Waals surface area contributed by atoms with Gasteiger partial charge < -0.3 is 15.6 Å². The van der Waals surface area contributed by atoms with E-state index in [1.165, 1.54) is 10.9 Å². The van der Waals surface area contributed by atoms with Gasteiger partial charge in [-0.15, -0.1) is 0 Å². The summed E-state index contributed by atoms with van der Waals surface area (Å²) in [7, 11) is 3.61. The average Bonchev–Trinajstić information content (AvgIpc) is 2.88. The van der Waals surface area contributed by atoms with E-state index in [-0.39, 0.29) is 5.91 Å². The summed E-state index contributed by atoms with van der Waals surface area (Å²) in [4.78, 5) is 16.0. The van der Waals surface area contributed by atoms with Crippen molar-refractivity contribution in [2.45, 2.75) is 6.42 Å². The molecule has 0 spiro atoms. The van der Waals surface area contributed by atoms with E-state index in [9.17, 15) is 4.79 Å².